The van der Waals surface area contributed by atoms with Crippen molar-refractivity contribution in [2.24, 2.45) is 5.92 Å². The molecule has 0 aliphatic heterocycles. The highest BCUT2D eigenvalue weighted by molar-refractivity contribution is 5.97. The molecule has 4 heteroatoms. The summed E-state index contributed by atoms with van der Waals surface area (Å²) in [7, 11) is 0. The van der Waals surface area contributed by atoms with Crippen molar-refractivity contribution in [3.8, 4) is 0 Å². The van der Waals surface area contributed by atoms with Crippen LogP contribution >= 0.6 is 0 Å². The number of benzene rings is 1. The zero-order valence-electron chi connectivity index (χ0n) is 12.8. The number of anilines is 1. The quantitative estimate of drug-likeness (QED) is 0.894. The van der Waals surface area contributed by atoms with Gasteiger partial charge in [-0.1, -0.05) is 37.5 Å². The Hall–Kier alpha value is -1.84. The van der Waals surface area contributed by atoms with E-state index in [2.05, 4.69) is 10.6 Å². The maximum absolute atomic E-state index is 12.2. The van der Waals surface area contributed by atoms with Crippen molar-refractivity contribution in [1.29, 1.82) is 0 Å². The second-order valence-corrected chi connectivity index (χ2v) is 5.87. The molecule has 0 aromatic heterocycles. The molecule has 1 aliphatic carbocycles. The van der Waals surface area contributed by atoms with Gasteiger partial charge in [-0.2, -0.15) is 0 Å². The highest BCUT2D eigenvalue weighted by atomic mass is 16.2. The van der Waals surface area contributed by atoms with Crippen molar-refractivity contribution in [2.75, 3.05) is 5.32 Å². The number of rotatable bonds is 4. The van der Waals surface area contributed by atoms with Gasteiger partial charge in [-0.25, -0.2) is 0 Å². The summed E-state index contributed by atoms with van der Waals surface area (Å²) in [6, 6.07) is 7.11. The molecule has 2 N–H and O–H groups in total. The van der Waals surface area contributed by atoms with Gasteiger partial charge in [-0.3, -0.25) is 9.59 Å². The zero-order chi connectivity index (χ0) is 15.2. The zero-order valence-corrected chi connectivity index (χ0v) is 12.8. The van der Waals surface area contributed by atoms with Gasteiger partial charge in [0.15, 0.2) is 0 Å². The molecule has 0 saturated heterocycles. The Kier molecular flexibility index (Phi) is 5.37. The lowest BCUT2D eigenvalue weighted by atomic mass is 9.88. The van der Waals surface area contributed by atoms with Crippen LogP contribution in [-0.4, -0.2) is 17.9 Å². The van der Waals surface area contributed by atoms with E-state index in [0.717, 1.165) is 36.9 Å². The van der Waals surface area contributed by atoms with Crippen LogP contribution in [0.1, 0.15) is 44.6 Å². The lowest BCUT2D eigenvalue weighted by molar-refractivity contribution is -0.129. The largest absolute Gasteiger partial charge is 0.344 e. The molecule has 0 radical (unpaired) electrons. The number of hydrogen-bond acceptors (Lipinski definition) is 2. The minimum absolute atomic E-state index is 0.0159. The molecule has 0 heterocycles. The van der Waals surface area contributed by atoms with E-state index in [1.165, 1.54) is 6.42 Å². The molecule has 1 atom stereocenters. The minimum Gasteiger partial charge on any atom is -0.344 e. The van der Waals surface area contributed by atoms with Crippen LogP contribution in [0, 0.1) is 12.8 Å². The summed E-state index contributed by atoms with van der Waals surface area (Å²) in [5.74, 6) is -0.0805. The Morgan fingerprint density at radius 1 is 1.14 bits per heavy atom. The van der Waals surface area contributed by atoms with Gasteiger partial charge < -0.3 is 10.6 Å². The van der Waals surface area contributed by atoms with E-state index in [9.17, 15) is 9.59 Å². The maximum Gasteiger partial charge on any atom is 0.246 e. The van der Waals surface area contributed by atoms with Crippen LogP contribution < -0.4 is 10.6 Å². The summed E-state index contributed by atoms with van der Waals surface area (Å²) in [6.45, 7) is 3.68. The molecule has 2 amide bonds. The Labute approximate surface area is 126 Å². The average Bonchev–Trinajstić information content (AvgIpc) is 2.50. The van der Waals surface area contributed by atoms with E-state index in [4.69, 9.17) is 0 Å². The third-order valence-corrected chi connectivity index (χ3v) is 4.13. The number of amides is 2. The van der Waals surface area contributed by atoms with Crippen molar-refractivity contribution >= 4 is 17.5 Å². The summed E-state index contributed by atoms with van der Waals surface area (Å²) in [4.78, 5) is 24.3. The number of para-hydroxylation sites is 1. The number of nitrogens with one attached hydrogen (secondary N) is 2. The predicted molar refractivity (Wildman–Crippen MR) is 84.0 cm³/mol. The normalized spacial score (nSPS) is 17.0. The van der Waals surface area contributed by atoms with Crippen LogP contribution in [0.15, 0.2) is 24.3 Å². The van der Waals surface area contributed by atoms with Gasteiger partial charge in [0.25, 0.3) is 0 Å². The second kappa shape index (κ2) is 7.25. The molecule has 0 spiro atoms. The molecule has 2 rings (SSSR count). The smallest absolute Gasteiger partial charge is 0.246 e. The summed E-state index contributed by atoms with van der Waals surface area (Å²) >= 11 is 0. The number of hydrogen-bond donors (Lipinski definition) is 2. The number of carbonyl (C=O) groups excluding carboxylic acids is 2. The molecule has 21 heavy (non-hydrogen) atoms. The molecule has 1 aromatic rings. The summed E-state index contributed by atoms with van der Waals surface area (Å²) in [5, 5.41) is 5.70. The Bertz CT molecular complexity index is 507. The fourth-order valence-corrected chi connectivity index (χ4v) is 2.72. The van der Waals surface area contributed by atoms with Crippen molar-refractivity contribution in [2.45, 2.75) is 52.0 Å². The van der Waals surface area contributed by atoms with Gasteiger partial charge in [-0.15, -0.1) is 0 Å². The van der Waals surface area contributed by atoms with Gasteiger partial charge in [0, 0.05) is 11.6 Å². The van der Waals surface area contributed by atoms with Crippen LogP contribution in [0.25, 0.3) is 0 Å². The second-order valence-electron chi connectivity index (χ2n) is 5.87. The lowest BCUT2D eigenvalue weighted by Crippen LogP contribution is -2.44. The van der Waals surface area contributed by atoms with Crippen LogP contribution in [0.5, 0.6) is 0 Å². The van der Waals surface area contributed by atoms with Crippen molar-refractivity contribution < 1.29 is 9.59 Å². The van der Waals surface area contributed by atoms with Gasteiger partial charge >= 0.3 is 0 Å². The predicted octanol–water partition coefficient (Wildman–Crippen LogP) is 3.02. The van der Waals surface area contributed by atoms with Crippen LogP contribution in [-0.2, 0) is 9.59 Å². The molecule has 1 aliphatic rings. The third-order valence-electron chi connectivity index (χ3n) is 4.13. The Morgan fingerprint density at radius 3 is 2.48 bits per heavy atom. The Balaban J connectivity index is 1.87. The van der Waals surface area contributed by atoms with Crippen molar-refractivity contribution in [1.82, 2.24) is 5.32 Å². The molecular weight excluding hydrogens is 264 g/mol. The SMILES string of the molecule is Cc1ccccc1NC(=O)C(C)NC(=O)C1CCCCC1. The molecule has 1 unspecified atom stereocenters. The Morgan fingerprint density at radius 2 is 1.81 bits per heavy atom. The number of aryl methyl sites for hydroxylation is 1. The van der Waals surface area contributed by atoms with E-state index < -0.39 is 6.04 Å². The fraction of sp³-hybridized carbons (Fsp3) is 0.529. The van der Waals surface area contributed by atoms with Gasteiger partial charge in [0.2, 0.25) is 11.8 Å². The summed E-state index contributed by atoms with van der Waals surface area (Å²) in [6.07, 6.45) is 5.33. The molecule has 1 saturated carbocycles. The monoisotopic (exact) mass is 288 g/mol. The molecule has 114 valence electrons. The first-order valence-electron chi connectivity index (χ1n) is 7.75. The topological polar surface area (TPSA) is 58.2 Å². The van der Waals surface area contributed by atoms with E-state index in [1.807, 2.05) is 31.2 Å². The first kappa shape index (κ1) is 15.5. The first-order chi connectivity index (χ1) is 10.1. The van der Waals surface area contributed by atoms with Crippen LogP contribution in [0.2, 0.25) is 0 Å². The number of carbonyl (C=O) groups is 2. The minimum atomic E-state index is -0.515. The maximum atomic E-state index is 12.2. The van der Waals surface area contributed by atoms with Crippen LogP contribution in [0.3, 0.4) is 0 Å². The lowest BCUT2D eigenvalue weighted by Gasteiger charge is -2.23. The third kappa shape index (κ3) is 4.31. The highest BCUT2D eigenvalue weighted by Crippen LogP contribution is 2.23. The molecule has 0 bridgehead atoms. The van der Waals surface area contributed by atoms with Gasteiger partial charge in [0.1, 0.15) is 6.04 Å². The van der Waals surface area contributed by atoms with Crippen molar-refractivity contribution in [3.63, 3.8) is 0 Å². The first-order valence-corrected chi connectivity index (χ1v) is 7.75. The molecular formula is C17H24N2O2. The fourth-order valence-electron chi connectivity index (χ4n) is 2.72. The van der Waals surface area contributed by atoms with Crippen LogP contribution in [0.4, 0.5) is 5.69 Å². The molecule has 1 fully saturated rings. The van der Waals surface area contributed by atoms with E-state index in [-0.39, 0.29) is 17.7 Å². The van der Waals surface area contributed by atoms with E-state index >= 15 is 0 Å². The molecule has 1 aromatic carbocycles. The standard InChI is InChI=1S/C17H24N2O2/c1-12-8-6-7-11-15(12)19-16(20)13(2)18-17(21)14-9-4-3-5-10-14/h6-8,11,13-14H,3-5,9-10H2,1-2H3,(H,18,21)(H,19,20). The molecule has 4 nitrogen and oxygen atoms in total. The van der Waals surface area contributed by atoms with E-state index in [0.29, 0.717) is 0 Å². The highest BCUT2D eigenvalue weighted by Gasteiger charge is 2.24. The average molecular weight is 288 g/mol. The summed E-state index contributed by atoms with van der Waals surface area (Å²) < 4.78 is 0. The van der Waals surface area contributed by atoms with E-state index in [1.54, 1.807) is 6.92 Å². The van der Waals surface area contributed by atoms with Gasteiger partial charge in [-0.05, 0) is 38.3 Å². The summed E-state index contributed by atoms with van der Waals surface area (Å²) in [5.41, 5.74) is 1.80. The van der Waals surface area contributed by atoms with Gasteiger partial charge in [0.05, 0.1) is 0 Å². The van der Waals surface area contributed by atoms with Crippen molar-refractivity contribution in [3.05, 3.63) is 29.8 Å².